The van der Waals surface area contributed by atoms with E-state index >= 15 is 0 Å². The molecular formula is C13H16O3. The van der Waals surface area contributed by atoms with Crippen molar-refractivity contribution in [3.8, 4) is 5.75 Å². The highest BCUT2D eigenvalue weighted by molar-refractivity contribution is 5.81. The van der Waals surface area contributed by atoms with Crippen molar-refractivity contribution in [2.75, 3.05) is 13.2 Å². The molecule has 0 aliphatic rings. The Kier molecular flexibility index (Phi) is 4.58. The fraction of sp³-hybridized carbons (Fsp3) is 0.308. The van der Waals surface area contributed by atoms with Crippen molar-refractivity contribution in [3.63, 3.8) is 0 Å². The molecule has 1 aromatic carbocycles. The molecule has 0 saturated carbocycles. The molecule has 1 aromatic rings. The maximum absolute atomic E-state index is 10.8. The van der Waals surface area contributed by atoms with Crippen LogP contribution in [0.25, 0.3) is 0 Å². The molecule has 3 heteroatoms. The van der Waals surface area contributed by atoms with E-state index in [2.05, 4.69) is 6.58 Å². The zero-order chi connectivity index (χ0) is 12.0. The van der Waals surface area contributed by atoms with E-state index < -0.39 is 5.97 Å². The lowest BCUT2D eigenvalue weighted by Gasteiger charge is -2.11. The molecule has 3 nitrogen and oxygen atoms in total. The van der Waals surface area contributed by atoms with Gasteiger partial charge in [-0.1, -0.05) is 24.8 Å². The normalized spacial score (nSPS) is 9.62. The third-order valence-corrected chi connectivity index (χ3v) is 2.15. The van der Waals surface area contributed by atoms with Crippen LogP contribution in [-0.4, -0.2) is 19.2 Å². The molecule has 0 atom stereocenters. The standard InChI is InChI=1S/C13H16O3/c1-4-12(14)15-8-9-16-13-10(2)6-5-7-11(13)3/h4-7H,1,8-9H2,2-3H3. The highest BCUT2D eigenvalue weighted by atomic mass is 16.6. The molecule has 0 aliphatic carbocycles. The molecule has 0 heterocycles. The van der Waals surface area contributed by atoms with Crippen LogP contribution in [0.15, 0.2) is 30.9 Å². The Balaban J connectivity index is 2.43. The van der Waals surface area contributed by atoms with Gasteiger partial charge in [-0.15, -0.1) is 0 Å². The molecule has 0 amide bonds. The number of carbonyl (C=O) groups is 1. The van der Waals surface area contributed by atoms with Crippen LogP contribution < -0.4 is 4.74 Å². The Bertz CT molecular complexity index is 363. The maximum Gasteiger partial charge on any atom is 0.330 e. The van der Waals surface area contributed by atoms with E-state index in [9.17, 15) is 4.79 Å². The summed E-state index contributed by atoms with van der Waals surface area (Å²) in [6.45, 7) is 7.87. The van der Waals surface area contributed by atoms with E-state index in [4.69, 9.17) is 9.47 Å². The number of ether oxygens (including phenoxy) is 2. The van der Waals surface area contributed by atoms with Gasteiger partial charge in [0.15, 0.2) is 0 Å². The predicted octanol–water partition coefficient (Wildman–Crippen LogP) is 2.41. The van der Waals surface area contributed by atoms with Gasteiger partial charge < -0.3 is 9.47 Å². The van der Waals surface area contributed by atoms with Crippen molar-refractivity contribution in [3.05, 3.63) is 42.0 Å². The molecule has 86 valence electrons. The highest BCUT2D eigenvalue weighted by Crippen LogP contribution is 2.21. The quantitative estimate of drug-likeness (QED) is 0.434. The summed E-state index contributed by atoms with van der Waals surface area (Å²) < 4.78 is 10.4. The van der Waals surface area contributed by atoms with Crippen molar-refractivity contribution in [2.45, 2.75) is 13.8 Å². The van der Waals surface area contributed by atoms with Gasteiger partial charge in [-0.2, -0.15) is 0 Å². The molecule has 0 radical (unpaired) electrons. The molecule has 0 fully saturated rings. The van der Waals surface area contributed by atoms with Crippen LogP contribution in [0.4, 0.5) is 0 Å². The Morgan fingerprint density at radius 1 is 1.31 bits per heavy atom. The second kappa shape index (κ2) is 5.95. The van der Waals surface area contributed by atoms with Gasteiger partial charge in [0.2, 0.25) is 0 Å². The van der Waals surface area contributed by atoms with E-state index in [1.807, 2.05) is 32.0 Å². The van der Waals surface area contributed by atoms with Crippen molar-refractivity contribution in [1.29, 1.82) is 0 Å². The third-order valence-electron chi connectivity index (χ3n) is 2.15. The van der Waals surface area contributed by atoms with Gasteiger partial charge in [0.05, 0.1) is 0 Å². The van der Waals surface area contributed by atoms with Gasteiger partial charge >= 0.3 is 5.97 Å². The van der Waals surface area contributed by atoms with Gasteiger partial charge in [0, 0.05) is 6.08 Å². The Hall–Kier alpha value is -1.77. The maximum atomic E-state index is 10.8. The number of aryl methyl sites for hydroxylation is 2. The van der Waals surface area contributed by atoms with Crippen molar-refractivity contribution in [2.24, 2.45) is 0 Å². The Morgan fingerprint density at radius 3 is 2.50 bits per heavy atom. The largest absolute Gasteiger partial charge is 0.489 e. The summed E-state index contributed by atoms with van der Waals surface area (Å²) in [5, 5.41) is 0. The zero-order valence-corrected chi connectivity index (χ0v) is 9.66. The molecule has 0 bridgehead atoms. The minimum absolute atomic E-state index is 0.235. The first-order valence-electron chi connectivity index (χ1n) is 5.13. The summed E-state index contributed by atoms with van der Waals surface area (Å²) in [5.74, 6) is 0.433. The van der Waals surface area contributed by atoms with Crippen LogP contribution in [0.1, 0.15) is 11.1 Å². The lowest BCUT2D eigenvalue weighted by Crippen LogP contribution is -2.11. The SMILES string of the molecule is C=CC(=O)OCCOc1c(C)cccc1C. The number of esters is 1. The first-order valence-corrected chi connectivity index (χ1v) is 5.13. The lowest BCUT2D eigenvalue weighted by atomic mass is 10.1. The molecule has 0 aliphatic heterocycles. The van der Waals surface area contributed by atoms with E-state index in [0.29, 0.717) is 6.61 Å². The number of para-hydroxylation sites is 1. The summed E-state index contributed by atoms with van der Waals surface area (Å²) in [4.78, 5) is 10.8. The number of hydrogen-bond donors (Lipinski definition) is 0. The van der Waals surface area contributed by atoms with Gasteiger partial charge in [0.25, 0.3) is 0 Å². The lowest BCUT2D eigenvalue weighted by molar-refractivity contribution is -0.138. The predicted molar refractivity (Wildman–Crippen MR) is 62.6 cm³/mol. The second-order valence-electron chi connectivity index (χ2n) is 3.44. The summed E-state index contributed by atoms with van der Waals surface area (Å²) in [6.07, 6.45) is 1.14. The first-order chi connectivity index (χ1) is 7.65. The molecule has 16 heavy (non-hydrogen) atoms. The van der Waals surface area contributed by atoms with E-state index in [1.165, 1.54) is 0 Å². The topological polar surface area (TPSA) is 35.5 Å². The fourth-order valence-corrected chi connectivity index (χ4v) is 1.37. The van der Waals surface area contributed by atoms with Gasteiger partial charge in [-0.25, -0.2) is 4.79 Å². The summed E-state index contributed by atoms with van der Waals surface area (Å²) in [5.41, 5.74) is 2.16. The Morgan fingerprint density at radius 2 is 1.94 bits per heavy atom. The third kappa shape index (κ3) is 3.42. The molecular weight excluding hydrogens is 204 g/mol. The number of carbonyl (C=O) groups excluding carboxylic acids is 1. The summed E-state index contributed by atoms with van der Waals surface area (Å²) in [6, 6.07) is 5.95. The highest BCUT2D eigenvalue weighted by Gasteiger charge is 2.03. The van der Waals surface area contributed by atoms with Crippen LogP contribution >= 0.6 is 0 Å². The molecule has 0 unspecified atom stereocenters. The van der Waals surface area contributed by atoms with E-state index in [-0.39, 0.29) is 6.61 Å². The fourth-order valence-electron chi connectivity index (χ4n) is 1.37. The second-order valence-corrected chi connectivity index (χ2v) is 3.44. The Labute approximate surface area is 95.7 Å². The van der Waals surface area contributed by atoms with E-state index in [0.717, 1.165) is 23.0 Å². The number of benzene rings is 1. The minimum Gasteiger partial charge on any atom is -0.489 e. The van der Waals surface area contributed by atoms with Gasteiger partial charge in [-0.3, -0.25) is 0 Å². The van der Waals surface area contributed by atoms with E-state index in [1.54, 1.807) is 0 Å². The smallest absolute Gasteiger partial charge is 0.330 e. The molecule has 1 rings (SSSR count). The van der Waals surface area contributed by atoms with Crippen LogP contribution in [0, 0.1) is 13.8 Å². The van der Waals surface area contributed by atoms with Crippen LogP contribution in [0.3, 0.4) is 0 Å². The average molecular weight is 220 g/mol. The van der Waals surface area contributed by atoms with Crippen molar-refractivity contribution >= 4 is 5.97 Å². The number of rotatable bonds is 5. The minimum atomic E-state index is -0.426. The molecule has 0 N–H and O–H groups in total. The number of hydrogen-bond acceptors (Lipinski definition) is 3. The van der Waals surface area contributed by atoms with Gasteiger partial charge in [-0.05, 0) is 25.0 Å². The first kappa shape index (κ1) is 12.3. The van der Waals surface area contributed by atoms with Crippen LogP contribution in [0.5, 0.6) is 5.75 Å². The summed E-state index contributed by atoms with van der Waals surface area (Å²) >= 11 is 0. The van der Waals surface area contributed by atoms with Crippen LogP contribution in [-0.2, 0) is 9.53 Å². The molecule has 0 spiro atoms. The average Bonchev–Trinajstić information content (AvgIpc) is 2.27. The van der Waals surface area contributed by atoms with Crippen molar-refractivity contribution in [1.82, 2.24) is 0 Å². The van der Waals surface area contributed by atoms with Crippen LogP contribution in [0.2, 0.25) is 0 Å². The van der Waals surface area contributed by atoms with Gasteiger partial charge in [0.1, 0.15) is 19.0 Å². The monoisotopic (exact) mass is 220 g/mol. The zero-order valence-electron chi connectivity index (χ0n) is 9.66. The van der Waals surface area contributed by atoms with Crippen molar-refractivity contribution < 1.29 is 14.3 Å². The summed E-state index contributed by atoms with van der Waals surface area (Å²) in [7, 11) is 0. The molecule has 0 saturated heterocycles. The molecule has 0 aromatic heterocycles.